The third-order valence-electron chi connectivity index (χ3n) is 5.15. The number of carbonyl (C=O) groups excluding carboxylic acids is 2. The monoisotopic (exact) mass is 387 g/mol. The zero-order chi connectivity index (χ0) is 19.8. The van der Waals surface area contributed by atoms with Crippen LogP contribution in [0.1, 0.15) is 39.0 Å². The summed E-state index contributed by atoms with van der Waals surface area (Å²) >= 11 is 0. The van der Waals surface area contributed by atoms with Crippen molar-refractivity contribution in [2.75, 3.05) is 72.2 Å². The Bertz CT molecular complexity index is 415. The number of likely N-dealkylation sites (N-methyl/N-ethyl adjacent to an activating group) is 1. The second-order valence-electron chi connectivity index (χ2n) is 7.10. The fourth-order valence-corrected chi connectivity index (χ4v) is 3.15. The average molecular weight is 388 g/mol. The van der Waals surface area contributed by atoms with Gasteiger partial charge in [-0.2, -0.15) is 0 Å². The molecule has 158 valence electrons. The summed E-state index contributed by atoms with van der Waals surface area (Å²) in [6.45, 7) is 10.8. The van der Waals surface area contributed by atoms with Gasteiger partial charge in [0, 0.05) is 25.9 Å². The van der Waals surface area contributed by atoms with Crippen molar-refractivity contribution >= 4 is 11.8 Å². The van der Waals surface area contributed by atoms with Crippen molar-refractivity contribution in [1.29, 1.82) is 0 Å². The summed E-state index contributed by atoms with van der Waals surface area (Å²) < 4.78 is 12.2. The quantitative estimate of drug-likeness (QED) is 0.271. The lowest BCUT2D eigenvalue weighted by Gasteiger charge is -2.40. The molecule has 1 heterocycles. The third-order valence-corrected chi connectivity index (χ3v) is 5.15. The molecule has 0 aromatic rings. The van der Waals surface area contributed by atoms with Gasteiger partial charge in [0.1, 0.15) is 19.6 Å². The molecule has 0 spiro atoms. The van der Waals surface area contributed by atoms with Crippen LogP contribution in [0, 0.1) is 0 Å². The van der Waals surface area contributed by atoms with Crippen LogP contribution < -0.4 is 16.4 Å². The second-order valence-corrected chi connectivity index (χ2v) is 7.10. The van der Waals surface area contributed by atoms with Crippen LogP contribution in [0.2, 0.25) is 0 Å². The first-order chi connectivity index (χ1) is 13.1. The number of amides is 2. The van der Waals surface area contributed by atoms with Gasteiger partial charge in [-0.15, -0.1) is 0 Å². The van der Waals surface area contributed by atoms with Crippen LogP contribution >= 0.6 is 0 Å². The van der Waals surface area contributed by atoms with Crippen molar-refractivity contribution in [2.45, 2.75) is 39.0 Å². The Morgan fingerprint density at radius 2 is 1.70 bits per heavy atom. The summed E-state index contributed by atoms with van der Waals surface area (Å²) in [6, 6.07) is 0. The fourth-order valence-electron chi connectivity index (χ4n) is 3.15. The first kappa shape index (κ1) is 23.8. The van der Waals surface area contributed by atoms with Crippen LogP contribution in [-0.4, -0.2) is 88.5 Å². The van der Waals surface area contributed by atoms with E-state index in [9.17, 15) is 9.59 Å². The van der Waals surface area contributed by atoms with E-state index in [0.717, 1.165) is 63.1 Å². The normalized spacial score (nSPS) is 16.1. The lowest BCUT2D eigenvalue weighted by atomic mass is 10.2. The zero-order valence-electron chi connectivity index (χ0n) is 17.0. The van der Waals surface area contributed by atoms with Crippen LogP contribution in [0.4, 0.5) is 0 Å². The third kappa shape index (κ3) is 11.3. The zero-order valence-corrected chi connectivity index (χ0v) is 17.0. The molecule has 2 amide bonds. The van der Waals surface area contributed by atoms with Gasteiger partial charge in [0.15, 0.2) is 0 Å². The van der Waals surface area contributed by atoms with Crippen LogP contribution in [0.15, 0.2) is 0 Å². The van der Waals surface area contributed by atoms with E-state index in [0.29, 0.717) is 45.7 Å². The van der Waals surface area contributed by atoms with Crippen LogP contribution in [-0.2, 0) is 19.1 Å². The highest BCUT2D eigenvalue weighted by Gasteiger charge is 2.27. The molecule has 27 heavy (non-hydrogen) atoms. The molecule has 0 atom stereocenters. The Morgan fingerprint density at radius 3 is 2.41 bits per heavy atom. The van der Waals surface area contributed by atoms with E-state index in [-0.39, 0.29) is 11.8 Å². The number of carbonyl (C=O) groups is 2. The van der Waals surface area contributed by atoms with Gasteiger partial charge in [0.25, 0.3) is 0 Å². The van der Waals surface area contributed by atoms with Gasteiger partial charge in [-0.25, -0.2) is 0 Å². The summed E-state index contributed by atoms with van der Waals surface area (Å²) in [6.07, 6.45) is 3.56. The first-order valence-electron chi connectivity index (χ1n) is 10.4. The molecule has 1 aliphatic rings. The Balaban J connectivity index is 1.95. The molecule has 1 aliphatic heterocycles. The SMILES string of the molecule is CC[N+]1(CCOCCNC(=O)CCNC(=O)CCCCCN)CCOCC1. The molecule has 8 heteroatoms. The Morgan fingerprint density at radius 1 is 1.00 bits per heavy atom. The van der Waals surface area contributed by atoms with Gasteiger partial charge in [-0.1, -0.05) is 6.42 Å². The minimum Gasteiger partial charge on any atom is -0.374 e. The predicted octanol–water partition coefficient (Wildman–Crippen LogP) is 0.0115. The van der Waals surface area contributed by atoms with E-state index < -0.39 is 0 Å². The van der Waals surface area contributed by atoms with E-state index in [2.05, 4.69) is 17.6 Å². The maximum Gasteiger partial charge on any atom is 0.221 e. The van der Waals surface area contributed by atoms with Gasteiger partial charge < -0.3 is 30.3 Å². The van der Waals surface area contributed by atoms with Gasteiger partial charge >= 0.3 is 0 Å². The number of morpholine rings is 1. The number of nitrogens with two attached hydrogens (primary N) is 1. The maximum absolute atomic E-state index is 11.8. The Hall–Kier alpha value is -1.22. The standard InChI is InChI=1S/C19H38N4O4/c1-2-23(12-16-27-17-13-23)11-15-26-14-10-22-19(25)7-9-21-18(24)6-4-3-5-8-20/h2-17,20H2,1H3,(H-,21,22,24,25)/p+1. The smallest absolute Gasteiger partial charge is 0.221 e. The van der Waals surface area contributed by atoms with E-state index in [1.54, 1.807) is 0 Å². The number of nitrogens with one attached hydrogen (secondary N) is 2. The van der Waals surface area contributed by atoms with Crippen LogP contribution in [0.5, 0.6) is 0 Å². The lowest BCUT2D eigenvalue weighted by molar-refractivity contribution is -0.933. The van der Waals surface area contributed by atoms with Crippen molar-refractivity contribution < 1.29 is 23.5 Å². The van der Waals surface area contributed by atoms with Crippen molar-refractivity contribution in [3.8, 4) is 0 Å². The predicted molar refractivity (Wildman–Crippen MR) is 105 cm³/mol. The average Bonchev–Trinajstić information content (AvgIpc) is 2.68. The van der Waals surface area contributed by atoms with E-state index >= 15 is 0 Å². The lowest BCUT2D eigenvalue weighted by Crippen LogP contribution is -2.56. The van der Waals surface area contributed by atoms with E-state index in [4.69, 9.17) is 15.2 Å². The molecule has 4 N–H and O–H groups in total. The maximum atomic E-state index is 11.8. The Labute approximate surface area is 163 Å². The molecular weight excluding hydrogens is 348 g/mol. The van der Waals surface area contributed by atoms with Crippen LogP contribution in [0.3, 0.4) is 0 Å². The highest BCUT2D eigenvalue weighted by atomic mass is 16.5. The second kappa shape index (κ2) is 14.8. The number of hydrogen-bond acceptors (Lipinski definition) is 5. The molecular formula is C19H39N4O4+. The molecule has 0 aliphatic carbocycles. The first-order valence-corrected chi connectivity index (χ1v) is 10.4. The van der Waals surface area contributed by atoms with E-state index in [1.807, 2.05) is 0 Å². The molecule has 1 saturated heterocycles. The molecule has 0 saturated carbocycles. The number of ether oxygens (including phenoxy) is 2. The number of unbranched alkanes of at least 4 members (excludes halogenated alkanes) is 2. The summed E-state index contributed by atoms with van der Waals surface area (Å²) in [5.41, 5.74) is 5.41. The number of hydrogen-bond donors (Lipinski definition) is 3. The molecule has 0 radical (unpaired) electrons. The van der Waals surface area contributed by atoms with Gasteiger partial charge in [0.2, 0.25) is 11.8 Å². The molecule has 0 unspecified atom stereocenters. The number of quaternary nitrogens is 1. The van der Waals surface area contributed by atoms with Gasteiger partial charge in [-0.3, -0.25) is 9.59 Å². The van der Waals surface area contributed by atoms with Crippen molar-refractivity contribution in [3.05, 3.63) is 0 Å². The van der Waals surface area contributed by atoms with Crippen molar-refractivity contribution in [2.24, 2.45) is 5.73 Å². The topological polar surface area (TPSA) is 103 Å². The minimum absolute atomic E-state index is 0.000698. The Kier molecular flexibility index (Phi) is 13.0. The molecule has 1 rings (SSSR count). The fraction of sp³-hybridized carbons (Fsp3) is 0.895. The molecule has 0 aromatic carbocycles. The van der Waals surface area contributed by atoms with Gasteiger partial charge in [0.05, 0.1) is 33.0 Å². The molecule has 0 aromatic heterocycles. The number of rotatable bonds is 15. The minimum atomic E-state index is -0.0627. The highest BCUT2D eigenvalue weighted by molar-refractivity contribution is 5.78. The van der Waals surface area contributed by atoms with E-state index in [1.165, 1.54) is 0 Å². The summed E-state index contributed by atoms with van der Waals surface area (Å²) in [7, 11) is 0. The summed E-state index contributed by atoms with van der Waals surface area (Å²) in [5.74, 6) is -0.0634. The highest BCUT2D eigenvalue weighted by Crippen LogP contribution is 2.10. The number of nitrogens with zero attached hydrogens (tertiary/aromatic N) is 1. The van der Waals surface area contributed by atoms with Crippen LogP contribution in [0.25, 0.3) is 0 Å². The molecule has 0 bridgehead atoms. The molecule has 1 fully saturated rings. The summed E-state index contributed by atoms with van der Waals surface area (Å²) in [5, 5.41) is 5.60. The van der Waals surface area contributed by atoms with Crippen molar-refractivity contribution in [1.82, 2.24) is 10.6 Å². The largest absolute Gasteiger partial charge is 0.374 e. The summed E-state index contributed by atoms with van der Waals surface area (Å²) in [4.78, 5) is 23.4. The molecule has 8 nitrogen and oxygen atoms in total. The van der Waals surface area contributed by atoms with Crippen molar-refractivity contribution in [3.63, 3.8) is 0 Å². The van der Waals surface area contributed by atoms with Gasteiger partial charge in [-0.05, 0) is 26.3 Å².